The Labute approximate surface area is 96.9 Å². The highest BCUT2D eigenvalue weighted by atomic mass is 79.9. The van der Waals surface area contributed by atoms with Gasteiger partial charge in [-0.1, -0.05) is 0 Å². The Balaban J connectivity index is 2.41. The van der Waals surface area contributed by atoms with Gasteiger partial charge < -0.3 is 4.84 Å². The number of hydrogen-bond acceptors (Lipinski definition) is 6. The van der Waals surface area contributed by atoms with E-state index in [4.69, 9.17) is 4.84 Å². The molecule has 78 valence electrons. The molecule has 2 heterocycles. The summed E-state index contributed by atoms with van der Waals surface area (Å²) in [6, 6.07) is 1.83. The van der Waals surface area contributed by atoms with Crippen LogP contribution in [0.1, 0.15) is 6.92 Å². The average Bonchev–Trinajstić information content (AvgIpc) is 2.73. The third-order valence-corrected chi connectivity index (χ3v) is 3.20. The molecule has 0 aliphatic carbocycles. The summed E-state index contributed by atoms with van der Waals surface area (Å²) in [7, 11) is 0. The summed E-state index contributed by atoms with van der Waals surface area (Å²) < 4.78 is 0.880. The van der Waals surface area contributed by atoms with Crippen LogP contribution in [0.25, 0.3) is 11.4 Å². The van der Waals surface area contributed by atoms with E-state index in [0.29, 0.717) is 5.82 Å². The van der Waals surface area contributed by atoms with Gasteiger partial charge in [0, 0.05) is 12.5 Å². The van der Waals surface area contributed by atoms with Crippen LogP contribution < -0.4 is 4.84 Å². The summed E-state index contributed by atoms with van der Waals surface area (Å²) in [6.07, 6.45) is 0. The lowest BCUT2D eigenvalue weighted by molar-refractivity contribution is -0.143. The third kappa shape index (κ3) is 2.05. The zero-order chi connectivity index (χ0) is 10.8. The maximum Gasteiger partial charge on any atom is 0.332 e. The summed E-state index contributed by atoms with van der Waals surface area (Å²) in [4.78, 5) is 16.6. The Hall–Kier alpha value is -1.28. The fourth-order valence-electron chi connectivity index (χ4n) is 0.973. The van der Waals surface area contributed by atoms with Crippen LogP contribution in [0, 0.1) is 0 Å². The Bertz CT molecular complexity index is 495. The van der Waals surface area contributed by atoms with Gasteiger partial charge in [0.05, 0.1) is 3.79 Å². The molecule has 0 aliphatic heterocycles. The van der Waals surface area contributed by atoms with Crippen molar-refractivity contribution in [2.24, 2.45) is 0 Å². The van der Waals surface area contributed by atoms with Gasteiger partial charge in [0.1, 0.15) is 0 Å². The highest BCUT2D eigenvalue weighted by Crippen LogP contribution is 2.30. The Morgan fingerprint density at radius 3 is 3.07 bits per heavy atom. The molecular formula is C7H5BrN4O2S. The molecule has 0 saturated heterocycles. The molecule has 6 nitrogen and oxygen atoms in total. The van der Waals surface area contributed by atoms with Crippen molar-refractivity contribution in [3.63, 3.8) is 0 Å². The first-order valence-electron chi connectivity index (χ1n) is 3.89. The van der Waals surface area contributed by atoms with Gasteiger partial charge >= 0.3 is 5.97 Å². The maximum atomic E-state index is 10.8. The number of tetrazole rings is 1. The molecule has 0 radical (unpaired) electrons. The minimum atomic E-state index is -0.477. The number of halogens is 1. The zero-order valence-electron chi connectivity index (χ0n) is 7.55. The molecule has 0 saturated carbocycles. The van der Waals surface area contributed by atoms with E-state index in [0.717, 1.165) is 14.2 Å². The van der Waals surface area contributed by atoms with E-state index in [9.17, 15) is 4.79 Å². The van der Waals surface area contributed by atoms with Crippen LogP contribution in [0.3, 0.4) is 0 Å². The van der Waals surface area contributed by atoms with Crippen molar-refractivity contribution in [2.75, 3.05) is 0 Å². The maximum absolute atomic E-state index is 10.8. The predicted octanol–water partition coefficient (Wildman–Crippen LogP) is 1.14. The molecule has 0 amide bonds. The number of thiophene rings is 1. The summed E-state index contributed by atoms with van der Waals surface area (Å²) in [5.74, 6) is -0.0896. The smallest absolute Gasteiger partial charge is 0.316 e. The molecule has 2 aromatic rings. The van der Waals surface area contributed by atoms with Gasteiger partial charge in [0.15, 0.2) is 0 Å². The van der Waals surface area contributed by atoms with E-state index >= 15 is 0 Å². The molecule has 0 bridgehead atoms. The van der Waals surface area contributed by atoms with E-state index in [1.165, 1.54) is 18.3 Å². The molecule has 0 atom stereocenters. The lowest BCUT2D eigenvalue weighted by atomic mass is 10.3. The zero-order valence-corrected chi connectivity index (χ0v) is 9.95. The summed E-state index contributed by atoms with van der Waals surface area (Å²) >= 11 is 4.85. The fourth-order valence-corrected chi connectivity index (χ4v) is 2.22. The summed E-state index contributed by atoms with van der Waals surface area (Å²) in [5, 5.41) is 12.6. The average molecular weight is 289 g/mol. The second kappa shape index (κ2) is 4.07. The van der Waals surface area contributed by atoms with Gasteiger partial charge in [0.2, 0.25) is 5.82 Å². The van der Waals surface area contributed by atoms with Gasteiger partial charge in [-0.3, -0.25) is 0 Å². The topological polar surface area (TPSA) is 69.9 Å². The Kier molecular flexibility index (Phi) is 2.78. The molecule has 15 heavy (non-hydrogen) atoms. The van der Waals surface area contributed by atoms with Gasteiger partial charge in [-0.15, -0.1) is 16.4 Å². The van der Waals surface area contributed by atoms with Crippen LogP contribution in [0.2, 0.25) is 0 Å². The first kappa shape index (κ1) is 10.2. The number of nitrogens with zero attached hydrogens (tertiary/aromatic N) is 4. The van der Waals surface area contributed by atoms with Crippen LogP contribution in [0.5, 0.6) is 0 Å². The molecule has 2 aromatic heterocycles. The number of rotatable bonds is 2. The largest absolute Gasteiger partial charge is 0.332 e. The minimum absolute atomic E-state index is 0.387. The van der Waals surface area contributed by atoms with E-state index in [1.807, 2.05) is 11.4 Å². The number of carbonyl (C=O) groups excluding carboxylic acids is 1. The number of carbonyl (C=O) groups is 1. The molecule has 0 unspecified atom stereocenters. The Morgan fingerprint density at radius 1 is 1.67 bits per heavy atom. The molecule has 0 aromatic carbocycles. The van der Waals surface area contributed by atoms with Crippen LogP contribution in [-0.4, -0.2) is 26.3 Å². The van der Waals surface area contributed by atoms with Crippen molar-refractivity contribution in [1.29, 1.82) is 0 Å². The van der Waals surface area contributed by atoms with Gasteiger partial charge in [-0.05, 0) is 42.6 Å². The second-order valence-electron chi connectivity index (χ2n) is 2.57. The number of aromatic nitrogens is 4. The lowest BCUT2D eigenvalue weighted by Gasteiger charge is -2.00. The molecule has 0 spiro atoms. The van der Waals surface area contributed by atoms with Crippen molar-refractivity contribution in [3.05, 3.63) is 15.2 Å². The first-order chi connectivity index (χ1) is 7.18. The summed E-state index contributed by atoms with van der Waals surface area (Å²) in [5.41, 5.74) is 0.784. The minimum Gasteiger partial charge on any atom is -0.316 e. The lowest BCUT2D eigenvalue weighted by Crippen LogP contribution is -2.19. The highest BCUT2D eigenvalue weighted by molar-refractivity contribution is 9.11. The van der Waals surface area contributed by atoms with Gasteiger partial charge in [-0.25, -0.2) is 4.79 Å². The SMILES string of the molecule is CC(=O)On1nnnc1-c1ccsc1Br. The summed E-state index contributed by atoms with van der Waals surface area (Å²) in [6.45, 7) is 1.29. The molecule has 2 rings (SSSR count). The van der Waals surface area contributed by atoms with Crippen molar-refractivity contribution in [2.45, 2.75) is 6.92 Å². The monoisotopic (exact) mass is 288 g/mol. The van der Waals surface area contributed by atoms with Crippen molar-refractivity contribution >= 4 is 33.2 Å². The molecule has 0 N–H and O–H groups in total. The van der Waals surface area contributed by atoms with E-state index in [2.05, 4.69) is 31.5 Å². The molecule has 0 aliphatic rings. The first-order valence-corrected chi connectivity index (χ1v) is 5.56. The predicted molar refractivity (Wildman–Crippen MR) is 56.1 cm³/mol. The van der Waals surface area contributed by atoms with Gasteiger partial charge in [0.25, 0.3) is 0 Å². The van der Waals surface area contributed by atoms with Crippen molar-refractivity contribution < 1.29 is 9.63 Å². The fraction of sp³-hybridized carbons (Fsp3) is 0.143. The molecular weight excluding hydrogens is 284 g/mol. The molecule has 0 fully saturated rings. The van der Waals surface area contributed by atoms with Crippen LogP contribution >= 0.6 is 27.3 Å². The normalized spacial score (nSPS) is 10.3. The quantitative estimate of drug-likeness (QED) is 0.775. The van der Waals surface area contributed by atoms with Crippen molar-refractivity contribution in [3.8, 4) is 11.4 Å². The van der Waals surface area contributed by atoms with E-state index in [-0.39, 0.29) is 0 Å². The van der Waals surface area contributed by atoms with Crippen LogP contribution in [0.15, 0.2) is 15.2 Å². The second-order valence-corrected chi connectivity index (χ2v) is 4.80. The molecule has 8 heteroatoms. The number of hydrogen-bond donors (Lipinski definition) is 0. The van der Waals surface area contributed by atoms with Crippen LogP contribution in [-0.2, 0) is 4.79 Å². The third-order valence-electron chi connectivity index (χ3n) is 1.52. The standard InChI is InChI=1S/C7H5BrN4O2S/c1-4(13)14-12-7(9-10-11-12)5-2-3-15-6(5)8/h2-3H,1H3. The van der Waals surface area contributed by atoms with Crippen LogP contribution in [0.4, 0.5) is 0 Å². The highest BCUT2D eigenvalue weighted by Gasteiger charge is 2.15. The van der Waals surface area contributed by atoms with Gasteiger partial charge in [-0.2, -0.15) is 0 Å². The van der Waals surface area contributed by atoms with E-state index < -0.39 is 5.97 Å². The Morgan fingerprint density at radius 2 is 2.47 bits per heavy atom. The van der Waals surface area contributed by atoms with Crippen molar-refractivity contribution in [1.82, 2.24) is 20.4 Å². The van der Waals surface area contributed by atoms with E-state index in [1.54, 1.807) is 0 Å².